The fourth-order valence-electron chi connectivity index (χ4n) is 4.74. The maximum atomic E-state index is 12.6. The molecular weight excluding hydrogens is 402 g/mol. The monoisotopic (exact) mass is 437 g/mol. The summed E-state index contributed by atoms with van der Waals surface area (Å²) in [5.74, 6) is -0.0920. The highest BCUT2D eigenvalue weighted by atomic mass is 16.1. The minimum atomic E-state index is -0.0920. The fraction of sp³-hybridized carbons (Fsp3) is 0.323. The Hall–Kier alpha value is -3.13. The van der Waals surface area contributed by atoms with E-state index in [0.29, 0.717) is 5.56 Å². The van der Waals surface area contributed by atoms with Gasteiger partial charge in [0.25, 0.3) is 5.91 Å². The van der Waals surface area contributed by atoms with Gasteiger partial charge in [-0.05, 0) is 89.6 Å². The third-order valence-corrected chi connectivity index (χ3v) is 7.17. The van der Waals surface area contributed by atoms with Crippen molar-refractivity contribution in [3.8, 4) is 0 Å². The quantitative estimate of drug-likeness (QED) is 0.410. The molecule has 0 unspecified atom stereocenters. The van der Waals surface area contributed by atoms with Gasteiger partial charge in [-0.1, -0.05) is 81.8 Å². The summed E-state index contributed by atoms with van der Waals surface area (Å²) in [5.41, 5.74) is 9.62. The van der Waals surface area contributed by atoms with Gasteiger partial charge >= 0.3 is 0 Å². The van der Waals surface area contributed by atoms with Crippen molar-refractivity contribution in [3.05, 3.63) is 100 Å². The van der Waals surface area contributed by atoms with Gasteiger partial charge in [0.15, 0.2) is 0 Å². The molecule has 1 aliphatic rings. The highest BCUT2D eigenvalue weighted by Gasteiger charge is 2.36. The first-order valence-electron chi connectivity index (χ1n) is 11.9. The van der Waals surface area contributed by atoms with Crippen LogP contribution in [0, 0.1) is 6.92 Å². The van der Waals surface area contributed by atoms with Crippen molar-refractivity contribution in [2.24, 2.45) is 0 Å². The van der Waals surface area contributed by atoms with Crippen LogP contribution in [0.15, 0.2) is 66.7 Å². The zero-order chi connectivity index (χ0) is 23.8. The number of hydrogen-bond acceptors (Lipinski definition) is 1. The van der Waals surface area contributed by atoms with E-state index < -0.39 is 0 Å². The van der Waals surface area contributed by atoms with E-state index in [1.807, 2.05) is 55.5 Å². The van der Waals surface area contributed by atoms with Crippen molar-refractivity contribution in [1.29, 1.82) is 0 Å². The maximum absolute atomic E-state index is 12.6. The van der Waals surface area contributed by atoms with Crippen LogP contribution in [0.25, 0.3) is 11.6 Å². The maximum Gasteiger partial charge on any atom is 0.255 e. The SMILES string of the molecule is C/C(=C\c1ccc(C(=O)Nc2ccc(C)cc2)cc1)c1ccc2c(c1)C(C)(C)CCC2(C)C. The van der Waals surface area contributed by atoms with E-state index >= 15 is 0 Å². The number of aryl methyl sites for hydroxylation is 1. The van der Waals surface area contributed by atoms with Crippen LogP contribution < -0.4 is 5.32 Å². The first-order chi connectivity index (χ1) is 15.5. The van der Waals surface area contributed by atoms with Crippen molar-refractivity contribution < 1.29 is 4.79 Å². The number of hydrogen-bond donors (Lipinski definition) is 1. The molecule has 0 aliphatic heterocycles. The number of allylic oxidation sites excluding steroid dienone is 1. The van der Waals surface area contributed by atoms with E-state index in [2.05, 4.69) is 64.2 Å². The van der Waals surface area contributed by atoms with Crippen LogP contribution in [0.5, 0.6) is 0 Å². The van der Waals surface area contributed by atoms with Crippen LogP contribution in [0.1, 0.15) is 85.6 Å². The van der Waals surface area contributed by atoms with E-state index in [1.54, 1.807) is 0 Å². The molecule has 1 N–H and O–H groups in total. The molecule has 2 nitrogen and oxygen atoms in total. The number of amides is 1. The Morgan fingerprint density at radius 2 is 1.36 bits per heavy atom. The van der Waals surface area contributed by atoms with Crippen molar-refractivity contribution in [3.63, 3.8) is 0 Å². The predicted molar refractivity (Wildman–Crippen MR) is 141 cm³/mol. The van der Waals surface area contributed by atoms with Gasteiger partial charge in [-0.2, -0.15) is 0 Å². The van der Waals surface area contributed by atoms with Gasteiger partial charge in [0.1, 0.15) is 0 Å². The second-order valence-corrected chi connectivity index (χ2v) is 10.8. The van der Waals surface area contributed by atoms with Gasteiger partial charge < -0.3 is 5.32 Å². The lowest BCUT2D eigenvalue weighted by atomic mass is 9.63. The lowest BCUT2D eigenvalue weighted by Crippen LogP contribution is -2.33. The Labute approximate surface area is 198 Å². The molecular formula is C31H35NO. The molecule has 3 aromatic carbocycles. The Balaban J connectivity index is 1.53. The summed E-state index contributed by atoms with van der Waals surface area (Å²) in [6, 6.07) is 22.6. The smallest absolute Gasteiger partial charge is 0.255 e. The van der Waals surface area contributed by atoms with Crippen molar-refractivity contribution >= 4 is 23.2 Å². The summed E-state index contributed by atoms with van der Waals surface area (Å²) in [4.78, 5) is 12.6. The van der Waals surface area contributed by atoms with Crippen LogP contribution >= 0.6 is 0 Å². The number of rotatable bonds is 4. The van der Waals surface area contributed by atoms with Gasteiger partial charge in [0.2, 0.25) is 0 Å². The van der Waals surface area contributed by atoms with E-state index in [1.165, 1.54) is 40.7 Å². The summed E-state index contributed by atoms with van der Waals surface area (Å²) in [5, 5.41) is 2.96. The second kappa shape index (κ2) is 8.67. The third-order valence-electron chi connectivity index (χ3n) is 7.17. The van der Waals surface area contributed by atoms with Crippen molar-refractivity contribution in [1.82, 2.24) is 0 Å². The fourth-order valence-corrected chi connectivity index (χ4v) is 4.74. The molecule has 0 aromatic heterocycles. The molecule has 1 amide bonds. The minimum Gasteiger partial charge on any atom is -0.322 e. The lowest BCUT2D eigenvalue weighted by molar-refractivity contribution is 0.102. The summed E-state index contributed by atoms with van der Waals surface area (Å²) < 4.78 is 0. The predicted octanol–water partition coefficient (Wildman–Crippen LogP) is 8.16. The molecule has 0 fully saturated rings. The molecule has 0 saturated heterocycles. The summed E-state index contributed by atoms with van der Waals surface area (Å²) in [6.07, 6.45) is 4.64. The molecule has 3 aromatic rings. The first-order valence-corrected chi connectivity index (χ1v) is 11.9. The summed E-state index contributed by atoms with van der Waals surface area (Å²) in [7, 11) is 0. The molecule has 1 aliphatic carbocycles. The average molecular weight is 438 g/mol. The molecule has 2 heteroatoms. The topological polar surface area (TPSA) is 29.1 Å². The van der Waals surface area contributed by atoms with E-state index in [-0.39, 0.29) is 16.7 Å². The number of benzene rings is 3. The van der Waals surface area contributed by atoms with Crippen LogP contribution in [0.3, 0.4) is 0 Å². The molecule has 0 saturated carbocycles. The molecule has 170 valence electrons. The third kappa shape index (κ3) is 4.95. The number of carbonyl (C=O) groups is 1. The van der Waals surface area contributed by atoms with E-state index in [4.69, 9.17) is 0 Å². The Kier molecular flexibility index (Phi) is 6.05. The zero-order valence-electron chi connectivity index (χ0n) is 20.8. The molecule has 0 spiro atoms. The van der Waals surface area contributed by atoms with Gasteiger partial charge in [0.05, 0.1) is 0 Å². The molecule has 0 radical (unpaired) electrons. The molecule has 0 bridgehead atoms. The number of fused-ring (bicyclic) bond motifs is 1. The first kappa shape index (κ1) is 23.0. The van der Waals surface area contributed by atoms with Crippen molar-refractivity contribution in [2.75, 3.05) is 5.32 Å². The standard InChI is InChI=1S/C31H35NO/c1-21-7-14-26(15-8-21)32-29(33)24-11-9-23(10-12-24)19-22(2)25-13-16-27-28(20-25)31(5,6)18-17-30(27,3)4/h7-16,19-20H,17-18H2,1-6H3,(H,32,33)/b22-19+. The molecule has 0 heterocycles. The van der Waals surface area contributed by atoms with Crippen LogP contribution in [0.4, 0.5) is 5.69 Å². The summed E-state index contributed by atoms with van der Waals surface area (Å²) in [6.45, 7) is 13.7. The van der Waals surface area contributed by atoms with Crippen molar-refractivity contribution in [2.45, 2.75) is 65.2 Å². The van der Waals surface area contributed by atoms with Gasteiger partial charge in [-0.25, -0.2) is 0 Å². The minimum absolute atomic E-state index is 0.0920. The Bertz CT molecular complexity index is 1190. The average Bonchev–Trinajstić information content (AvgIpc) is 2.79. The molecule has 33 heavy (non-hydrogen) atoms. The number of nitrogens with one attached hydrogen (secondary N) is 1. The van der Waals surface area contributed by atoms with Gasteiger partial charge in [-0.3, -0.25) is 4.79 Å². The van der Waals surface area contributed by atoms with Gasteiger partial charge in [-0.15, -0.1) is 0 Å². The van der Waals surface area contributed by atoms with Crippen LogP contribution in [-0.2, 0) is 10.8 Å². The highest BCUT2D eigenvalue weighted by molar-refractivity contribution is 6.04. The van der Waals surface area contributed by atoms with E-state index in [0.717, 1.165) is 11.3 Å². The van der Waals surface area contributed by atoms with Crippen LogP contribution in [-0.4, -0.2) is 5.91 Å². The number of carbonyl (C=O) groups excluding carboxylic acids is 1. The Morgan fingerprint density at radius 1 is 0.788 bits per heavy atom. The second-order valence-electron chi connectivity index (χ2n) is 10.8. The molecule has 4 rings (SSSR count). The zero-order valence-corrected chi connectivity index (χ0v) is 20.8. The highest BCUT2D eigenvalue weighted by Crippen LogP contribution is 2.46. The summed E-state index contributed by atoms with van der Waals surface area (Å²) >= 11 is 0. The van der Waals surface area contributed by atoms with Crippen LogP contribution in [0.2, 0.25) is 0 Å². The van der Waals surface area contributed by atoms with E-state index in [9.17, 15) is 4.79 Å². The lowest BCUT2D eigenvalue weighted by Gasteiger charge is -2.42. The normalized spacial score (nSPS) is 16.7. The number of anilines is 1. The largest absolute Gasteiger partial charge is 0.322 e. The van der Waals surface area contributed by atoms with Gasteiger partial charge in [0, 0.05) is 11.3 Å². The molecule has 0 atom stereocenters. The Morgan fingerprint density at radius 3 is 2.00 bits per heavy atom.